The maximum absolute atomic E-state index is 10.8. The molecule has 11 heavy (non-hydrogen) atoms. The first-order chi connectivity index (χ1) is 5.04. The summed E-state index contributed by atoms with van der Waals surface area (Å²) >= 11 is 0. The van der Waals surface area contributed by atoms with Crippen LogP contribution in [-0.4, -0.2) is 40.9 Å². The highest BCUT2D eigenvalue weighted by atomic mass is 16.6. The van der Waals surface area contributed by atoms with Crippen molar-refractivity contribution in [1.82, 2.24) is 0 Å². The number of aliphatic hydroxyl groups excluding tert-OH is 2. The van der Waals surface area contributed by atoms with E-state index >= 15 is 0 Å². The predicted octanol–water partition coefficient (Wildman–Crippen LogP) is -1.79. The third-order valence-corrected chi connectivity index (χ3v) is 1.89. The van der Waals surface area contributed by atoms with Crippen LogP contribution in [0.4, 0.5) is 0 Å². The summed E-state index contributed by atoms with van der Waals surface area (Å²) in [5.74, 6) is 0. The van der Waals surface area contributed by atoms with Gasteiger partial charge in [-0.2, -0.15) is 5.11 Å². The van der Waals surface area contributed by atoms with Crippen molar-refractivity contribution < 1.29 is 20.1 Å². The summed E-state index contributed by atoms with van der Waals surface area (Å²) in [6.45, 7) is 1.52. The molecule has 1 aliphatic rings. The molecule has 1 radical (unpaired) electrons. The Labute approximate surface area is 64.4 Å². The van der Waals surface area contributed by atoms with Gasteiger partial charge in [0.25, 0.3) is 0 Å². The standard InChI is InChI=1S/C6H12NO4/c1-2-4(8)5(9)3(7)6(10)11-2/h2-6,8-9H,7H2,1H3/t2-,3-,4+,5-,6?/m1/s1. The second kappa shape index (κ2) is 3.04. The largest absolute Gasteiger partial charge is 0.388 e. The Bertz CT molecular complexity index is 129. The van der Waals surface area contributed by atoms with Gasteiger partial charge in [-0.1, -0.05) is 0 Å². The Morgan fingerprint density at radius 1 is 1.36 bits per heavy atom. The van der Waals surface area contributed by atoms with E-state index < -0.39 is 30.6 Å². The van der Waals surface area contributed by atoms with Gasteiger partial charge in [-0.3, -0.25) is 0 Å². The molecular formula is C6H12NO4. The molecule has 4 N–H and O–H groups in total. The fourth-order valence-corrected chi connectivity index (χ4v) is 1.05. The molecule has 0 aromatic heterocycles. The summed E-state index contributed by atoms with van der Waals surface area (Å²) in [4.78, 5) is 0. The minimum absolute atomic E-state index is 0.646. The smallest absolute Gasteiger partial charge is 0.209 e. The van der Waals surface area contributed by atoms with Crippen molar-refractivity contribution in [1.29, 1.82) is 0 Å². The van der Waals surface area contributed by atoms with Crippen LogP contribution < -0.4 is 5.73 Å². The fourth-order valence-electron chi connectivity index (χ4n) is 1.05. The molecular weight excluding hydrogens is 150 g/mol. The lowest BCUT2D eigenvalue weighted by Gasteiger charge is -2.36. The maximum atomic E-state index is 10.8. The average Bonchev–Trinajstić information content (AvgIpc) is 1.97. The number of ether oxygens (including phenoxy) is 1. The molecule has 5 nitrogen and oxygen atoms in total. The Kier molecular flexibility index (Phi) is 2.46. The van der Waals surface area contributed by atoms with E-state index in [-0.39, 0.29) is 0 Å². The van der Waals surface area contributed by atoms with E-state index in [0.29, 0.717) is 0 Å². The maximum Gasteiger partial charge on any atom is 0.209 e. The highest BCUT2D eigenvalue weighted by Gasteiger charge is 2.40. The minimum atomic E-state index is -1.44. The van der Waals surface area contributed by atoms with Crippen LogP contribution >= 0.6 is 0 Å². The van der Waals surface area contributed by atoms with Crippen molar-refractivity contribution in [2.75, 3.05) is 0 Å². The first-order valence-corrected chi connectivity index (χ1v) is 3.47. The zero-order valence-electron chi connectivity index (χ0n) is 6.18. The topological polar surface area (TPSA) is 95.6 Å². The predicted molar refractivity (Wildman–Crippen MR) is 35.0 cm³/mol. The first kappa shape index (κ1) is 8.89. The SMILES string of the molecule is C[C@H]1OC([O])[C@H](N)[C@@H](O)[C@H]1O. The first-order valence-electron chi connectivity index (χ1n) is 3.47. The number of hydrogen-bond acceptors (Lipinski definition) is 4. The average molecular weight is 162 g/mol. The molecule has 1 saturated heterocycles. The van der Waals surface area contributed by atoms with Crippen LogP contribution in [0.5, 0.6) is 0 Å². The third-order valence-electron chi connectivity index (χ3n) is 1.89. The van der Waals surface area contributed by atoms with E-state index in [2.05, 4.69) is 0 Å². The van der Waals surface area contributed by atoms with E-state index in [0.717, 1.165) is 0 Å². The van der Waals surface area contributed by atoms with Gasteiger partial charge in [0.15, 0.2) is 0 Å². The molecule has 1 unspecified atom stereocenters. The Morgan fingerprint density at radius 2 is 1.91 bits per heavy atom. The molecule has 0 aliphatic carbocycles. The van der Waals surface area contributed by atoms with Gasteiger partial charge in [-0.25, -0.2) is 0 Å². The summed E-state index contributed by atoms with van der Waals surface area (Å²) in [5.41, 5.74) is 5.23. The van der Waals surface area contributed by atoms with Crippen molar-refractivity contribution in [3.8, 4) is 0 Å². The minimum Gasteiger partial charge on any atom is -0.388 e. The fraction of sp³-hybridized carbons (Fsp3) is 1.00. The summed E-state index contributed by atoms with van der Waals surface area (Å²) in [5, 5.41) is 29.1. The molecule has 65 valence electrons. The molecule has 0 amide bonds. The van der Waals surface area contributed by atoms with Gasteiger partial charge in [-0.05, 0) is 6.92 Å². The Hall–Kier alpha value is -0.200. The van der Waals surface area contributed by atoms with Gasteiger partial charge in [-0.15, -0.1) is 0 Å². The lowest BCUT2D eigenvalue weighted by molar-refractivity contribution is -0.257. The van der Waals surface area contributed by atoms with Crippen LogP contribution in [0.3, 0.4) is 0 Å². The summed E-state index contributed by atoms with van der Waals surface area (Å²) in [6.07, 6.45) is -4.33. The van der Waals surface area contributed by atoms with Gasteiger partial charge in [0.05, 0.1) is 12.1 Å². The van der Waals surface area contributed by atoms with E-state index in [9.17, 15) is 5.11 Å². The third kappa shape index (κ3) is 1.52. The molecule has 5 atom stereocenters. The van der Waals surface area contributed by atoms with Crippen molar-refractivity contribution in [3.05, 3.63) is 0 Å². The highest BCUT2D eigenvalue weighted by molar-refractivity contribution is 4.88. The van der Waals surface area contributed by atoms with E-state index in [1.54, 1.807) is 0 Å². The molecule has 1 fully saturated rings. The van der Waals surface area contributed by atoms with Gasteiger partial charge >= 0.3 is 0 Å². The molecule has 0 bridgehead atoms. The molecule has 0 aromatic rings. The second-order valence-corrected chi connectivity index (χ2v) is 2.77. The zero-order valence-corrected chi connectivity index (χ0v) is 6.18. The van der Waals surface area contributed by atoms with Crippen LogP contribution in [0, 0.1) is 0 Å². The van der Waals surface area contributed by atoms with Crippen molar-refractivity contribution in [3.63, 3.8) is 0 Å². The summed E-state index contributed by atoms with van der Waals surface area (Å²) < 4.78 is 4.69. The van der Waals surface area contributed by atoms with Crippen LogP contribution in [0.25, 0.3) is 0 Å². The molecule has 1 heterocycles. The number of aliphatic hydroxyl groups is 2. The Morgan fingerprint density at radius 3 is 2.45 bits per heavy atom. The van der Waals surface area contributed by atoms with Crippen LogP contribution in [0.2, 0.25) is 0 Å². The Balaban J connectivity index is 2.63. The highest BCUT2D eigenvalue weighted by Crippen LogP contribution is 2.17. The zero-order chi connectivity index (χ0) is 8.59. The van der Waals surface area contributed by atoms with Crippen molar-refractivity contribution in [2.24, 2.45) is 5.73 Å². The number of nitrogens with two attached hydrogens (primary N) is 1. The van der Waals surface area contributed by atoms with E-state index in [4.69, 9.17) is 20.7 Å². The number of rotatable bonds is 0. The van der Waals surface area contributed by atoms with Gasteiger partial charge in [0.2, 0.25) is 6.29 Å². The molecule has 0 spiro atoms. The van der Waals surface area contributed by atoms with Gasteiger partial charge in [0.1, 0.15) is 12.2 Å². The van der Waals surface area contributed by atoms with E-state index in [1.807, 2.05) is 0 Å². The normalized spacial score (nSPS) is 52.6. The van der Waals surface area contributed by atoms with Gasteiger partial charge < -0.3 is 20.7 Å². The summed E-state index contributed by atoms with van der Waals surface area (Å²) in [6, 6.07) is -1.04. The van der Waals surface area contributed by atoms with Crippen LogP contribution in [0.1, 0.15) is 6.92 Å². The molecule has 0 saturated carbocycles. The summed E-state index contributed by atoms with van der Waals surface area (Å²) in [7, 11) is 0. The van der Waals surface area contributed by atoms with E-state index in [1.165, 1.54) is 6.92 Å². The van der Waals surface area contributed by atoms with Crippen LogP contribution in [-0.2, 0) is 9.84 Å². The van der Waals surface area contributed by atoms with Gasteiger partial charge in [0, 0.05) is 0 Å². The quantitative estimate of drug-likeness (QED) is 0.392. The number of hydrogen-bond donors (Lipinski definition) is 3. The molecule has 1 rings (SSSR count). The molecule has 1 aliphatic heterocycles. The van der Waals surface area contributed by atoms with Crippen molar-refractivity contribution >= 4 is 0 Å². The molecule has 0 aromatic carbocycles. The lowest BCUT2D eigenvalue weighted by atomic mass is 9.99. The van der Waals surface area contributed by atoms with Crippen LogP contribution in [0.15, 0.2) is 0 Å². The van der Waals surface area contributed by atoms with Crippen molar-refractivity contribution in [2.45, 2.75) is 37.6 Å². The second-order valence-electron chi connectivity index (χ2n) is 2.77. The lowest BCUT2D eigenvalue weighted by Crippen LogP contribution is -2.59. The molecule has 5 heteroatoms. The monoisotopic (exact) mass is 162 g/mol.